The summed E-state index contributed by atoms with van der Waals surface area (Å²) in [5.74, 6) is 0.548. The first-order valence-electron chi connectivity index (χ1n) is 11.4. The van der Waals surface area contributed by atoms with Crippen molar-refractivity contribution in [3.63, 3.8) is 0 Å². The van der Waals surface area contributed by atoms with Gasteiger partial charge in [-0.25, -0.2) is 0 Å². The molecule has 1 amide bonds. The fourth-order valence-corrected chi connectivity index (χ4v) is 5.15. The number of hydrogen-bond donors (Lipinski definition) is 1. The van der Waals surface area contributed by atoms with Crippen molar-refractivity contribution in [2.24, 2.45) is 5.92 Å². The van der Waals surface area contributed by atoms with E-state index in [1.807, 2.05) is 19.1 Å². The lowest BCUT2D eigenvalue weighted by Gasteiger charge is -2.04. The van der Waals surface area contributed by atoms with Crippen LogP contribution in [0.5, 0.6) is 0 Å². The van der Waals surface area contributed by atoms with Crippen LogP contribution in [-0.2, 0) is 25.9 Å². The molecule has 1 N–H and O–H groups in total. The maximum atomic E-state index is 12.3. The number of amides is 1. The van der Waals surface area contributed by atoms with E-state index in [2.05, 4.69) is 59.5 Å². The summed E-state index contributed by atoms with van der Waals surface area (Å²) in [6.07, 6.45) is 9.89. The molecule has 3 heterocycles. The van der Waals surface area contributed by atoms with Gasteiger partial charge in [-0.1, -0.05) is 11.3 Å². The Hall–Kier alpha value is -2.69. The number of nitrogens with one attached hydrogen (secondary N) is 1. The number of carbonyl (C=O) groups excluding carboxylic acids is 1. The average Bonchev–Trinajstić information content (AvgIpc) is 3.47. The van der Waals surface area contributed by atoms with Crippen LogP contribution >= 0.6 is 22.6 Å². The van der Waals surface area contributed by atoms with Gasteiger partial charge in [0.1, 0.15) is 0 Å². The molecule has 3 aromatic rings. The van der Waals surface area contributed by atoms with Gasteiger partial charge < -0.3 is 5.32 Å². The van der Waals surface area contributed by atoms with E-state index < -0.39 is 0 Å². The number of unbranched alkanes of at least 4 members (excludes halogenated alkanes) is 1. The molecule has 0 aromatic carbocycles. The van der Waals surface area contributed by atoms with Crippen molar-refractivity contribution < 1.29 is 4.79 Å². The second-order valence-corrected chi connectivity index (χ2v) is 9.88. The van der Waals surface area contributed by atoms with Gasteiger partial charge in [0.2, 0.25) is 0 Å². The number of rotatable bonds is 9. The van der Waals surface area contributed by atoms with Crippen LogP contribution in [-0.4, -0.2) is 36.1 Å². The van der Waals surface area contributed by atoms with Gasteiger partial charge in [0, 0.05) is 40.5 Å². The predicted octanol–water partition coefficient (Wildman–Crippen LogP) is 3.84. The van der Waals surface area contributed by atoms with Gasteiger partial charge in [0.05, 0.1) is 17.6 Å². The van der Waals surface area contributed by atoms with Crippen molar-refractivity contribution in [2.75, 3.05) is 0 Å². The lowest BCUT2D eigenvalue weighted by molar-refractivity contribution is 0.0946. The molecule has 0 spiro atoms. The third-order valence-electron chi connectivity index (χ3n) is 6.13. The molecule has 1 saturated carbocycles. The lowest BCUT2D eigenvalue weighted by atomic mass is 10.1. The SMILES string of the molecule is Cc1ccc(CNC(=O)c2cn(CCCCc3cc4c(nn3)CC(C3CC3)=C4I)nn2)cn1. The number of hydrogen-bond acceptors (Lipinski definition) is 6. The van der Waals surface area contributed by atoms with Crippen molar-refractivity contribution >= 4 is 32.1 Å². The van der Waals surface area contributed by atoms with Crippen LogP contribution in [0.3, 0.4) is 0 Å². The molecular formula is C24H26IN7O. The fourth-order valence-electron chi connectivity index (χ4n) is 4.05. The second kappa shape index (κ2) is 9.66. The zero-order valence-electron chi connectivity index (χ0n) is 18.6. The van der Waals surface area contributed by atoms with Gasteiger partial charge in [-0.05, 0) is 90.8 Å². The van der Waals surface area contributed by atoms with Crippen molar-refractivity contribution in [3.8, 4) is 0 Å². The van der Waals surface area contributed by atoms with Crippen LogP contribution in [0.15, 0.2) is 36.2 Å². The molecule has 9 heteroatoms. The molecule has 0 aliphatic heterocycles. The highest BCUT2D eigenvalue weighted by atomic mass is 127. The summed E-state index contributed by atoms with van der Waals surface area (Å²) in [6.45, 7) is 3.06. The van der Waals surface area contributed by atoms with Gasteiger partial charge in [-0.3, -0.25) is 14.5 Å². The van der Waals surface area contributed by atoms with Crippen molar-refractivity contribution in [1.29, 1.82) is 0 Å². The van der Waals surface area contributed by atoms with Crippen LogP contribution in [0.25, 0.3) is 3.58 Å². The molecule has 2 aliphatic rings. The Morgan fingerprint density at radius 2 is 2.09 bits per heavy atom. The van der Waals surface area contributed by atoms with Crippen LogP contribution in [0, 0.1) is 12.8 Å². The first kappa shape index (κ1) is 22.1. The molecule has 33 heavy (non-hydrogen) atoms. The van der Waals surface area contributed by atoms with Gasteiger partial charge >= 0.3 is 0 Å². The van der Waals surface area contributed by atoms with Crippen molar-refractivity contribution in [2.45, 2.75) is 58.5 Å². The minimum atomic E-state index is -0.233. The number of allylic oxidation sites excluding steroid dienone is 1. The van der Waals surface area contributed by atoms with Gasteiger partial charge in [-0.15, -0.1) is 5.10 Å². The molecule has 5 rings (SSSR count). The maximum absolute atomic E-state index is 12.3. The number of carbonyl (C=O) groups is 1. The third-order valence-corrected chi connectivity index (χ3v) is 7.41. The number of fused-ring (bicyclic) bond motifs is 1. The van der Waals surface area contributed by atoms with E-state index in [1.54, 1.807) is 22.6 Å². The number of nitrogens with zero attached hydrogens (tertiary/aromatic N) is 6. The summed E-state index contributed by atoms with van der Waals surface area (Å²) in [7, 11) is 0. The van der Waals surface area contributed by atoms with Crippen LogP contribution < -0.4 is 5.32 Å². The zero-order valence-corrected chi connectivity index (χ0v) is 20.7. The Morgan fingerprint density at radius 1 is 1.21 bits per heavy atom. The predicted molar refractivity (Wildman–Crippen MR) is 133 cm³/mol. The summed E-state index contributed by atoms with van der Waals surface area (Å²) < 4.78 is 3.12. The molecule has 0 saturated heterocycles. The van der Waals surface area contributed by atoms with Crippen LogP contribution in [0.4, 0.5) is 0 Å². The number of aryl methyl sites for hydroxylation is 3. The third kappa shape index (κ3) is 5.29. The summed E-state index contributed by atoms with van der Waals surface area (Å²) in [6, 6.07) is 6.10. The quantitative estimate of drug-likeness (QED) is 0.319. The smallest absolute Gasteiger partial charge is 0.273 e. The lowest BCUT2D eigenvalue weighted by Crippen LogP contribution is -2.23. The van der Waals surface area contributed by atoms with Gasteiger partial charge in [0.25, 0.3) is 5.91 Å². The molecule has 1 fully saturated rings. The standard InChI is InChI=1S/C24H26IN7O/c1-15-5-6-16(12-26-15)13-27-24(33)22-14-32(31-30-22)9-3-2-4-18-10-20-21(29-28-18)11-19(23(20)25)17-7-8-17/h5-6,10,12,14,17H,2-4,7-9,11,13H2,1H3,(H,27,33). The Kier molecular flexibility index (Phi) is 6.48. The highest BCUT2D eigenvalue weighted by molar-refractivity contribution is 14.1. The molecule has 170 valence electrons. The molecule has 0 unspecified atom stereocenters. The van der Waals surface area contributed by atoms with Crippen LogP contribution in [0.1, 0.15) is 64.4 Å². The van der Waals surface area contributed by atoms with Crippen LogP contribution in [0.2, 0.25) is 0 Å². The topological polar surface area (TPSA) is 98.5 Å². The zero-order chi connectivity index (χ0) is 22.8. The highest BCUT2D eigenvalue weighted by Gasteiger charge is 2.33. The molecule has 0 bridgehead atoms. The minimum Gasteiger partial charge on any atom is -0.346 e. The molecule has 2 aliphatic carbocycles. The molecule has 0 atom stereocenters. The van der Waals surface area contributed by atoms with Gasteiger partial charge in [-0.2, -0.15) is 10.2 Å². The van der Waals surface area contributed by atoms with E-state index in [-0.39, 0.29) is 5.91 Å². The fraction of sp³-hybridized carbons (Fsp3) is 0.417. The monoisotopic (exact) mass is 555 g/mol. The first-order chi connectivity index (χ1) is 16.1. The van der Waals surface area contributed by atoms with Crippen molar-refractivity contribution in [1.82, 2.24) is 35.5 Å². The Labute approximate surface area is 206 Å². The molecular weight excluding hydrogens is 529 g/mol. The van der Waals surface area contributed by atoms with E-state index in [4.69, 9.17) is 0 Å². The van der Waals surface area contributed by atoms with E-state index in [9.17, 15) is 4.79 Å². The normalized spacial score (nSPS) is 15.1. The minimum absolute atomic E-state index is 0.233. The summed E-state index contributed by atoms with van der Waals surface area (Å²) in [5, 5.41) is 19.9. The summed E-state index contributed by atoms with van der Waals surface area (Å²) in [5.41, 5.74) is 7.26. The molecule has 8 nitrogen and oxygen atoms in total. The maximum Gasteiger partial charge on any atom is 0.273 e. The number of halogens is 1. The molecule has 0 radical (unpaired) electrons. The van der Waals surface area contributed by atoms with Crippen molar-refractivity contribution in [3.05, 3.63) is 70.1 Å². The largest absolute Gasteiger partial charge is 0.346 e. The average molecular weight is 555 g/mol. The van der Waals surface area contributed by atoms with Gasteiger partial charge in [0.15, 0.2) is 5.69 Å². The Bertz CT molecular complexity index is 1200. The second-order valence-electron chi connectivity index (χ2n) is 8.80. The Morgan fingerprint density at radius 3 is 2.88 bits per heavy atom. The van der Waals surface area contributed by atoms with E-state index >= 15 is 0 Å². The van der Waals surface area contributed by atoms with E-state index in [0.717, 1.165) is 54.2 Å². The Balaban J connectivity index is 1.08. The summed E-state index contributed by atoms with van der Waals surface area (Å²) in [4.78, 5) is 16.6. The highest BCUT2D eigenvalue weighted by Crippen LogP contribution is 2.48. The van der Waals surface area contributed by atoms with E-state index in [0.29, 0.717) is 18.8 Å². The summed E-state index contributed by atoms with van der Waals surface area (Å²) >= 11 is 2.49. The molecule has 3 aromatic heterocycles. The number of pyridine rings is 1. The number of aromatic nitrogens is 6. The van der Waals surface area contributed by atoms with E-state index in [1.165, 1.54) is 22.0 Å². The first-order valence-corrected chi connectivity index (χ1v) is 12.5.